The predicted molar refractivity (Wildman–Crippen MR) is 104 cm³/mol. The highest BCUT2D eigenvalue weighted by molar-refractivity contribution is 7.09. The van der Waals surface area contributed by atoms with Gasteiger partial charge in [-0.2, -0.15) is 0 Å². The molecular formula is C20H27N3OS. The number of amides is 2. The maximum atomic E-state index is 12.7. The molecule has 2 heterocycles. The molecule has 1 aromatic carbocycles. The van der Waals surface area contributed by atoms with Crippen LogP contribution in [0.1, 0.15) is 30.3 Å². The fraction of sp³-hybridized carbons (Fsp3) is 0.450. The van der Waals surface area contributed by atoms with E-state index < -0.39 is 0 Å². The second-order valence-corrected chi connectivity index (χ2v) is 7.96. The molecule has 0 bridgehead atoms. The van der Waals surface area contributed by atoms with Gasteiger partial charge < -0.3 is 10.2 Å². The van der Waals surface area contributed by atoms with Crippen LogP contribution < -0.4 is 5.32 Å². The molecule has 0 radical (unpaired) electrons. The van der Waals surface area contributed by atoms with Crippen LogP contribution in [-0.4, -0.2) is 42.0 Å². The first kappa shape index (κ1) is 18.0. The number of nitrogens with one attached hydrogen (secondary N) is 1. The van der Waals surface area contributed by atoms with Gasteiger partial charge in [-0.15, -0.1) is 11.3 Å². The number of piperazine rings is 1. The number of thiophene rings is 1. The molecule has 5 heteroatoms. The Hall–Kier alpha value is -1.85. The van der Waals surface area contributed by atoms with Crippen LogP contribution >= 0.6 is 11.3 Å². The lowest BCUT2D eigenvalue weighted by molar-refractivity contribution is 0.132. The Morgan fingerprint density at radius 1 is 1.08 bits per heavy atom. The van der Waals surface area contributed by atoms with E-state index in [2.05, 4.69) is 53.7 Å². The molecule has 1 fully saturated rings. The Kier molecular flexibility index (Phi) is 6.10. The summed E-state index contributed by atoms with van der Waals surface area (Å²) in [5, 5.41) is 5.35. The summed E-state index contributed by atoms with van der Waals surface area (Å²) in [6, 6.07) is 14.6. The summed E-state index contributed by atoms with van der Waals surface area (Å²) in [4.78, 5) is 18.5. The first-order chi connectivity index (χ1) is 12.1. The van der Waals surface area contributed by atoms with Crippen molar-refractivity contribution in [2.24, 2.45) is 5.92 Å². The molecule has 0 aliphatic carbocycles. The van der Waals surface area contributed by atoms with E-state index in [9.17, 15) is 4.79 Å². The van der Waals surface area contributed by atoms with Crippen molar-refractivity contribution in [3.05, 3.63) is 58.3 Å². The molecule has 1 aliphatic rings. The molecule has 1 N–H and O–H groups in total. The van der Waals surface area contributed by atoms with E-state index in [4.69, 9.17) is 0 Å². The molecule has 1 saturated heterocycles. The predicted octanol–water partition coefficient (Wildman–Crippen LogP) is 3.97. The number of hydrogen-bond donors (Lipinski definition) is 1. The van der Waals surface area contributed by atoms with E-state index in [0.29, 0.717) is 5.92 Å². The standard InChI is InChI=1S/C20H27N3OS/c1-16(2)19(17-7-4-3-5-8-17)21-20(24)23-12-10-22(11-13-23)15-18-9-6-14-25-18/h3-9,14,16,19H,10-13,15H2,1-2H3,(H,21,24). The minimum Gasteiger partial charge on any atom is -0.331 e. The second kappa shape index (κ2) is 8.50. The van der Waals surface area contributed by atoms with Crippen LogP contribution in [0.25, 0.3) is 0 Å². The number of rotatable bonds is 5. The molecule has 134 valence electrons. The summed E-state index contributed by atoms with van der Waals surface area (Å²) >= 11 is 1.80. The fourth-order valence-electron chi connectivity index (χ4n) is 3.25. The number of carbonyl (C=O) groups is 1. The third kappa shape index (κ3) is 4.83. The van der Waals surface area contributed by atoms with Crippen LogP contribution in [0.15, 0.2) is 47.8 Å². The third-order valence-electron chi connectivity index (χ3n) is 4.72. The minimum atomic E-state index is 0.0536. The molecule has 0 spiro atoms. The highest BCUT2D eigenvalue weighted by atomic mass is 32.1. The topological polar surface area (TPSA) is 35.6 Å². The van der Waals surface area contributed by atoms with Gasteiger partial charge >= 0.3 is 6.03 Å². The zero-order valence-corrected chi connectivity index (χ0v) is 15.8. The number of hydrogen-bond acceptors (Lipinski definition) is 3. The SMILES string of the molecule is CC(C)C(NC(=O)N1CCN(Cc2cccs2)CC1)c1ccccc1. The van der Waals surface area contributed by atoms with Gasteiger partial charge in [-0.3, -0.25) is 4.90 Å². The summed E-state index contributed by atoms with van der Waals surface area (Å²) in [7, 11) is 0. The van der Waals surface area contributed by atoms with Gasteiger partial charge in [-0.25, -0.2) is 4.79 Å². The molecule has 3 rings (SSSR count). The maximum Gasteiger partial charge on any atom is 0.317 e. The lowest BCUT2D eigenvalue weighted by Gasteiger charge is -2.36. The minimum absolute atomic E-state index is 0.0536. The van der Waals surface area contributed by atoms with E-state index >= 15 is 0 Å². The van der Waals surface area contributed by atoms with Crippen LogP contribution in [0, 0.1) is 5.92 Å². The van der Waals surface area contributed by atoms with Gasteiger partial charge in [-0.05, 0) is 22.9 Å². The van der Waals surface area contributed by atoms with Crippen molar-refractivity contribution in [1.29, 1.82) is 0 Å². The Bertz CT molecular complexity index is 649. The van der Waals surface area contributed by atoms with Gasteiger partial charge in [0.15, 0.2) is 0 Å². The molecule has 1 aliphatic heterocycles. The summed E-state index contributed by atoms with van der Waals surface area (Å²) < 4.78 is 0. The molecule has 25 heavy (non-hydrogen) atoms. The van der Waals surface area contributed by atoms with E-state index in [1.54, 1.807) is 11.3 Å². The van der Waals surface area contributed by atoms with Gasteiger partial charge in [0, 0.05) is 37.6 Å². The van der Waals surface area contributed by atoms with Gasteiger partial charge in [0.25, 0.3) is 0 Å². The van der Waals surface area contributed by atoms with Crippen molar-refractivity contribution in [3.63, 3.8) is 0 Å². The molecule has 2 amide bonds. The lowest BCUT2D eigenvalue weighted by Crippen LogP contribution is -2.52. The van der Waals surface area contributed by atoms with Crippen molar-refractivity contribution in [2.45, 2.75) is 26.4 Å². The van der Waals surface area contributed by atoms with Gasteiger partial charge in [0.1, 0.15) is 0 Å². The smallest absolute Gasteiger partial charge is 0.317 e. The van der Waals surface area contributed by atoms with Crippen molar-refractivity contribution in [3.8, 4) is 0 Å². The average Bonchev–Trinajstić information content (AvgIpc) is 3.13. The zero-order valence-electron chi connectivity index (χ0n) is 15.0. The summed E-state index contributed by atoms with van der Waals surface area (Å²) in [6.07, 6.45) is 0. The Morgan fingerprint density at radius 3 is 2.40 bits per heavy atom. The van der Waals surface area contributed by atoms with Gasteiger partial charge in [-0.1, -0.05) is 50.2 Å². The van der Waals surface area contributed by atoms with Crippen LogP contribution in [0.3, 0.4) is 0 Å². The van der Waals surface area contributed by atoms with Crippen molar-refractivity contribution < 1.29 is 4.79 Å². The number of urea groups is 1. The zero-order chi connectivity index (χ0) is 17.6. The average molecular weight is 358 g/mol. The van der Waals surface area contributed by atoms with Gasteiger partial charge in [0.05, 0.1) is 6.04 Å². The quantitative estimate of drug-likeness (QED) is 0.879. The van der Waals surface area contributed by atoms with E-state index in [1.165, 1.54) is 10.4 Å². The molecule has 1 unspecified atom stereocenters. The third-order valence-corrected chi connectivity index (χ3v) is 5.58. The molecular weight excluding hydrogens is 330 g/mol. The fourth-order valence-corrected chi connectivity index (χ4v) is 4.00. The number of nitrogens with zero attached hydrogens (tertiary/aromatic N) is 2. The number of carbonyl (C=O) groups excluding carboxylic acids is 1. The Morgan fingerprint density at radius 2 is 1.80 bits per heavy atom. The van der Waals surface area contributed by atoms with E-state index in [0.717, 1.165) is 32.7 Å². The van der Waals surface area contributed by atoms with Gasteiger partial charge in [0.2, 0.25) is 0 Å². The highest BCUT2D eigenvalue weighted by Crippen LogP contribution is 2.22. The monoisotopic (exact) mass is 357 g/mol. The van der Waals surface area contributed by atoms with E-state index in [-0.39, 0.29) is 12.1 Å². The van der Waals surface area contributed by atoms with Crippen LogP contribution in [0.4, 0.5) is 4.79 Å². The van der Waals surface area contributed by atoms with Crippen molar-refractivity contribution >= 4 is 17.4 Å². The Balaban J connectivity index is 1.53. The normalized spacial score (nSPS) is 16.8. The van der Waals surface area contributed by atoms with Crippen molar-refractivity contribution in [1.82, 2.24) is 15.1 Å². The Labute approximate surface area is 154 Å². The van der Waals surface area contributed by atoms with Crippen LogP contribution in [0.2, 0.25) is 0 Å². The summed E-state index contributed by atoms with van der Waals surface area (Å²) in [5.74, 6) is 0.353. The number of benzene rings is 1. The first-order valence-corrected chi connectivity index (χ1v) is 9.86. The maximum absolute atomic E-state index is 12.7. The van der Waals surface area contributed by atoms with Crippen LogP contribution in [-0.2, 0) is 6.54 Å². The molecule has 4 nitrogen and oxygen atoms in total. The highest BCUT2D eigenvalue weighted by Gasteiger charge is 2.25. The summed E-state index contributed by atoms with van der Waals surface area (Å²) in [5.41, 5.74) is 1.17. The van der Waals surface area contributed by atoms with Crippen LogP contribution in [0.5, 0.6) is 0 Å². The lowest BCUT2D eigenvalue weighted by atomic mass is 9.96. The summed E-state index contributed by atoms with van der Waals surface area (Å²) in [6.45, 7) is 8.74. The molecule has 0 saturated carbocycles. The first-order valence-electron chi connectivity index (χ1n) is 8.98. The molecule has 2 aromatic rings. The molecule has 1 atom stereocenters. The second-order valence-electron chi connectivity index (χ2n) is 6.92. The molecule has 1 aromatic heterocycles. The van der Waals surface area contributed by atoms with E-state index in [1.807, 2.05) is 23.1 Å². The van der Waals surface area contributed by atoms with Crippen molar-refractivity contribution in [2.75, 3.05) is 26.2 Å². The largest absolute Gasteiger partial charge is 0.331 e.